The predicted octanol–water partition coefficient (Wildman–Crippen LogP) is 1.08. The maximum Gasteiger partial charge on any atom is 0.320 e. The van der Waals surface area contributed by atoms with Crippen molar-refractivity contribution in [2.45, 2.75) is 12.5 Å². The van der Waals surface area contributed by atoms with Gasteiger partial charge in [-0.1, -0.05) is 12.1 Å². The maximum atomic E-state index is 12.5. The number of hydrogen-bond acceptors (Lipinski definition) is 7. The van der Waals surface area contributed by atoms with Gasteiger partial charge in [0.1, 0.15) is 0 Å². The molecular formula is C17H19N3O5S. The van der Waals surface area contributed by atoms with Crippen molar-refractivity contribution < 1.29 is 22.7 Å². The third kappa shape index (κ3) is 4.10. The fourth-order valence-electron chi connectivity index (χ4n) is 2.74. The Morgan fingerprint density at radius 2 is 2.00 bits per heavy atom. The molecule has 1 aliphatic heterocycles. The van der Waals surface area contributed by atoms with Crippen molar-refractivity contribution >= 4 is 15.7 Å². The molecule has 1 unspecified atom stereocenters. The summed E-state index contributed by atoms with van der Waals surface area (Å²) in [6.45, 7) is 0. The number of rotatable bonds is 5. The number of nitrogens with one attached hydrogen (secondary N) is 1. The van der Waals surface area contributed by atoms with E-state index in [1.165, 1.54) is 14.2 Å². The van der Waals surface area contributed by atoms with Gasteiger partial charge in [0.25, 0.3) is 5.91 Å². The van der Waals surface area contributed by atoms with Crippen LogP contribution in [0.3, 0.4) is 0 Å². The molecule has 1 N–H and O–H groups in total. The number of nitrogens with zero attached hydrogens (tertiary/aromatic N) is 2. The Morgan fingerprint density at radius 3 is 2.65 bits per heavy atom. The average molecular weight is 377 g/mol. The summed E-state index contributed by atoms with van der Waals surface area (Å²) in [6.07, 6.45) is 0.439. The summed E-state index contributed by atoms with van der Waals surface area (Å²) in [6, 6.07) is 8.33. The Labute approximate surface area is 151 Å². The molecule has 1 fully saturated rings. The second-order valence-electron chi connectivity index (χ2n) is 5.94. The van der Waals surface area contributed by atoms with E-state index in [9.17, 15) is 13.2 Å². The van der Waals surface area contributed by atoms with Crippen molar-refractivity contribution in [2.75, 3.05) is 25.7 Å². The fourth-order valence-corrected chi connectivity index (χ4v) is 4.42. The van der Waals surface area contributed by atoms with Crippen LogP contribution in [0.2, 0.25) is 0 Å². The number of amides is 1. The molecule has 0 aliphatic carbocycles. The van der Waals surface area contributed by atoms with E-state index in [4.69, 9.17) is 9.47 Å². The zero-order valence-corrected chi connectivity index (χ0v) is 15.2. The molecule has 2 aromatic rings. The first kappa shape index (κ1) is 18.1. The van der Waals surface area contributed by atoms with E-state index in [0.717, 1.165) is 0 Å². The van der Waals surface area contributed by atoms with Gasteiger partial charge in [0.2, 0.25) is 5.88 Å². The molecule has 26 heavy (non-hydrogen) atoms. The van der Waals surface area contributed by atoms with Crippen LogP contribution in [-0.2, 0) is 9.84 Å². The zero-order valence-electron chi connectivity index (χ0n) is 14.4. The molecule has 1 aliphatic rings. The van der Waals surface area contributed by atoms with Gasteiger partial charge in [0.15, 0.2) is 9.84 Å². The first-order valence-corrected chi connectivity index (χ1v) is 9.81. The second-order valence-corrected chi connectivity index (χ2v) is 8.17. The van der Waals surface area contributed by atoms with Crippen molar-refractivity contribution in [3.8, 4) is 23.1 Å². The van der Waals surface area contributed by atoms with Crippen LogP contribution in [0.1, 0.15) is 16.8 Å². The van der Waals surface area contributed by atoms with Crippen LogP contribution in [0, 0.1) is 0 Å². The molecule has 1 amide bonds. The fraction of sp³-hybridized carbons (Fsp3) is 0.353. The average Bonchev–Trinajstić information content (AvgIpc) is 2.99. The topological polar surface area (TPSA) is 107 Å². The smallest absolute Gasteiger partial charge is 0.320 e. The van der Waals surface area contributed by atoms with Gasteiger partial charge in [-0.05, 0) is 18.6 Å². The van der Waals surface area contributed by atoms with Gasteiger partial charge >= 0.3 is 6.01 Å². The molecule has 3 rings (SSSR count). The summed E-state index contributed by atoms with van der Waals surface area (Å²) in [7, 11) is -0.102. The maximum absolute atomic E-state index is 12.5. The van der Waals surface area contributed by atoms with Crippen LogP contribution >= 0.6 is 0 Å². The van der Waals surface area contributed by atoms with Gasteiger partial charge in [0, 0.05) is 23.2 Å². The first-order valence-electron chi connectivity index (χ1n) is 7.99. The number of hydrogen-bond donors (Lipinski definition) is 1. The predicted molar refractivity (Wildman–Crippen MR) is 95.1 cm³/mol. The monoisotopic (exact) mass is 377 g/mol. The van der Waals surface area contributed by atoms with E-state index < -0.39 is 9.84 Å². The van der Waals surface area contributed by atoms with Gasteiger partial charge < -0.3 is 14.8 Å². The van der Waals surface area contributed by atoms with Gasteiger partial charge in [0.05, 0.1) is 31.4 Å². The minimum Gasteiger partial charge on any atom is -0.481 e. The largest absolute Gasteiger partial charge is 0.481 e. The third-order valence-electron chi connectivity index (χ3n) is 4.06. The van der Waals surface area contributed by atoms with Crippen LogP contribution in [0.4, 0.5) is 0 Å². The Hall–Kier alpha value is -2.68. The molecule has 2 heterocycles. The van der Waals surface area contributed by atoms with Crippen LogP contribution in [0.15, 0.2) is 30.3 Å². The highest BCUT2D eigenvalue weighted by Crippen LogP contribution is 2.24. The lowest BCUT2D eigenvalue weighted by molar-refractivity contribution is 0.0941. The summed E-state index contributed by atoms with van der Waals surface area (Å²) < 4.78 is 33.3. The molecule has 8 nitrogen and oxygen atoms in total. The standard InChI is InChI=1S/C17H19N3O5S/c1-24-15-9-14(19-17(20-15)25-2)11-4-3-5-12(8-11)16(21)18-13-6-7-26(22,23)10-13/h3-5,8-9,13H,6-7,10H2,1-2H3,(H,18,21). The highest BCUT2D eigenvalue weighted by atomic mass is 32.2. The number of aromatic nitrogens is 2. The minimum absolute atomic E-state index is 0.0151. The highest BCUT2D eigenvalue weighted by molar-refractivity contribution is 7.91. The molecule has 1 saturated heterocycles. The first-order chi connectivity index (χ1) is 12.4. The van der Waals surface area contributed by atoms with Crippen LogP contribution < -0.4 is 14.8 Å². The van der Waals surface area contributed by atoms with Gasteiger partial charge in [-0.15, -0.1) is 0 Å². The Bertz CT molecular complexity index is 907. The van der Waals surface area contributed by atoms with E-state index in [-0.39, 0.29) is 29.5 Å². The van der Waals surface area contributed by atoms with Crippen molar-refractivity contribution in [3.05, 3.63) is 35.9 Å². The summed E-state index contributed by atoms with van der Waals surface area (Å²) in [5, 5.41) is 2.77. The summed E-state index contributed by atoms with van der Waals surface area (Å²) in [4.78, 5) is 20.8. The number of methoxy groups -OCH3 is 2. The summed E-state index contributed by atoms with van der Waals surface area (Å²) in [5.74, 6) is 0.122. The molecular weight excluding hydrogens is 358 g/mol. The van der Waals surface area contributed by atoms with Crippen LogP contribution in [-0.4, -0.2) is 56.1 Å². The van der Waals surface area contributed by atoms with Gasteiger partial charge in [-0.25, -0.2) is 8.42 Å². The lowest BCUT2D eigenvalue weighted by Crippen LogP contribution is -2.35. The van der Waals surface area contributed by atoms with Crippen molar-refractivity contribution in [1.82, 2.24) is 15.3 Å². The quantitative estimate of drug-likeness (QED) is 0.830. The Kier molecular flexibility index (Phi) is 5.08. The summed E-state index contributed by atoms with van der Waals surface area (Å²) >= 11 is 0. The number of carbonyl (C=O) groups is 1. The molecule has 0 radical (unpaired) electrons. The third-order valence-corrected chi connectivity index (χ3v) is 5.83. The summed E-state index contributed by atoms with van der Waals surface area (Å²) in [5.41, 5.74) is 1.66. The van der Waals surface area contributed by atoms with E-state index in [2.05, 4.69) is 15.3 Å². The number of benzene rings is 1. The van der Waals surface area contributed by atoms with Crippen LogP contribution in [0.25, 0.3) is 11.3 Å². The minimum atomic E-state index is -3.05. The highest BCUT2D eigenvalue weighted by Gasteiger charge is 2.29. The van der Waals surface area contributed by atoms with Crippen molar-refractivity contribution in [2.24, 2.45) is 0 Å². The van der Waals surface area contributed by atoms with Crippen molar-refractivity contribution in [3.63, 3.8) is 0 Å². The SMILES string of the molecule is COc1cc(-c2cccc(C(=O)NC3CCS(=O)(=O)C3)c2)nc(OC)n1. The molecule has 1 aromatic heterocycles. The molecule has 0 saturated carbocycles. The molecule has 138 valence electrons. The van der Waals surface area contributed by atoms with Gasteiger partial charge in [-0.3, -0.25) is 4.79 Å². The molecule has 0 spiro atoms. The van der Waals surface area contributed by atoms with Crippen LogP contribution in [0.5, 0.6) is 11.9 Å². The van der Waals surface area contributed by atoms with E-state index in [1.54, 1.807) is 30.3 Å². The normalized spacial score (nSPS) is 18.3. The second kappa shape index (κ2) is 7.28. The molecule has 1 aromatic carbocycles. The molecule has 1 atom stereocenters. The zero-order chi connectivity index (χ0) is 18.7. The number of ether oxygens (including phenoxy) is 2. The molecule has 9 heteroatoms. The lowest BCUT2D eigenvalue weighted by Gasteiger charge is -2.12. The van der Waals surface area contributed by atoms with Gasteiger partial charge in [-0.2, -0.15) is 9.97 Å². The van der Waals surface area contributed by atoms with E-state index >= 15 is 0 Å². The number of carbonyl (C=O) groups excluding carboxylic acids is 1. The molecule has 0 bridgehead atoms. The number of sulfone groups is 1. The Balaban J connectivity index is 1.83. The Morgan fingerprint density at radius 1 is 1.19 bits per heavy atom. The van der Waals surface area contributed by atoms with E-state index in [0.29, 0.717) is 29.1 Å². The lowest BCUT2D eigenvalue weighted by atomic mass is 10.1. The van der Waals surface area contributed by atoms with E-state index in [1.807, 2.05) is 0 Å². The van der Waals surface area contributed by atoms with Crippen molar-refractivity contribution in [1.29, 1.82) is 0 Å².